The standard InChI is InChI=1S/C22H24N4OS2/c1-4-18(21(27)23-13-15-8-6-14(3)7-9-15)29-22-17-12-19-16(10-11-28-19)26(17)20(5-2)24-25-22/h6-12,18H,4-5,13H2,1-3H3,(H,23,27). The van der Waals surface area contributed by atoms with Crippen molar-refractivity contribution in [2.24, 2.45) is 0 Å². The van der Waals surface area contributed by atoms with Crippen molar-refractivity contribution in [1.29, 1.82) is 0 Å². The SMILES string of the molecule is CCc1nnc(SC(CC)C(=O)NCc2ccc(C)cc2)c2cc3sccc3n12. The largest absolute Gasteiger partial charge is 0.351 e. The quantitative estimate of drug-likeness (QED) is 0.424. The van der Waals surface area contributed by atoms with Crippen LogP contribution in [0.15, 0.2) is 46.8 Å². The second kappa shape index (κ2) is 8.55. The minimum absolute atomic E-state index is 0.0333. The molecule has 0 saturated heterocycles. The Balaban J connectivity index is 1.55. The average Bonchev–Trinajstić information content (AvgIpc) is 3.33. The fourth-order valence-electron chi connectivity index (χ4n) is 3.34. The van der Waals surface area contributed by atoms with E-state index in [-0.39, 0.29) is 11.2 Å². The monoisotopic (exact) mass is 424 g/mol. The van der Waals surface area contributed by atoms with Gasteiger partial charge in [0.15, 0.2) is 0 Å². The lowest BCUT2D eigenvalue weighted by atomic mass is 10.1. The number of rotatable bonds is 7. The maximum Gasteiger partial charge on any atom is 0.233 e. The summed E-state index contributed by atoms with van der Waals surface area (Å²) in [5, 5.41) is 14.7. The third-order valence-corrected chi connectivity index (χ3v) is 7.18. The van der Waals surface area contributed by atoms with Gasteiger partial charge in [0.25, 0.3) is 0 Å². The van der Waals surface area contributed by atoms with E-state index in [1.54, 1.807) is 11.3 Å². The zero-order valence-electron chi connectivity index (χ0n) is 16.8. The van der Waals surface area contributed by atoms with Gasteiger partial charge >= 0.3 is 0 Å². The van der Waals surface area contributed by atoms with E-state index in [1.807, 2.05) is 6.92 Å². The molecule has 0 fully saturated rings. The molecule has 7 heteroatoms. The topological polar surface area (TPSA) is 59.3 Å². The first-order chi connectivity index (χ1) is 14.1. The predicted octanol–water partition coefficient (Wildman–Crippen LogP) is 5.00. The van der Waals surface area contributed by atoms with E-state index < -0.39 is 0 Å². The predicted molar refractivity (Wildman–Crippen MR) is 121 cm³/mol. The van der Waals surface area contributed by atoms with E-state index >= 15 is 0 Å². The van der Waals surface area contributed by atoms with E-state index in [0.29, 0.717) is 6.54 Å². The minimum atomic E-state index is -0.209. The number of fused-ring (bicyclic) bond motifs is 3. The molecule has 0 aliphatic heterocycles. The van der Waals surface area contributed by atoms with Gasteiger partial charge in [-0.3, -0.25) is 9.20 Å². The molecule has 1 aromatic carbocycles. The van der Waals surface area contributed by atoms with Gasteiger partial charge in [-0.05, 0) is 36.4 Å². The maximum absolute atomic E-state index is 12.8. The van der Waals surface area contributed by atoms with Crippen molar-refractivity contribution in [2.45, 2.75) is 50.4 Å². The molecule has 0 bridgehead atoms. The number of carbonyl (C=O) groups excluding carboxylic acids is 1. The summed E-state index contributed by atoms with van der Waals surface area (Å²) >= 11 is 3.21. The molecule has 5 nitrogen and oxygen atoms in total. The zero-order chi connectivity index (χ0) is 20.4. The first-order valence-electron chi connectivity index (χ1n) is 9.84. The lowest BCUT2D eigenvalue weighted by molar-refractivity contribution is -0.120. The Bertz CT molecular complexity index is 1150. The molecule has 1 N–H and O–H groups in total. The van der Waals surface area contributed by atoms with Crippen molar-refractivity contribution in [3.8, 4) is 0 Å². The first kappa shape index (κ1) is 19.9. The Kier molecular flexibility index (Phi) is 5.87. The van der Waals surface area contributed by atoms with Crippen molar-refractivity contribution in [2.75, 3.05) is 0 Å². The summed E-state index contributed by atoms with van der Waals surface area (Å²) in [5.74, 6) is 0.973. The highest BCUT2D eigenvalue weighted by molar-refractivity contribution is 8.00. The summed E-state index contributed by atoms with van der Waals surface area (Å²) in [6, 6.07) is 12.5. The highest BCUT2D eigenvalue weighted by atomic mass is 32.2. The molecule has 1 atom stereocenters. The number of benzene rings is 1. The van der Waals surface area contributed by atoms with Gasteiger partial charge in [-0.25, -0.2) is 0 Å². The number of thioether (sulfide) groups is 1. The van der Waals surface area contributed by atoms with Crippen LogP contribution in [0.3, 0.4) is 0 Å². The van der Waals surface area contributed by atoms with Crippen LogP contribution < -0.4 is 5.32 Å². The molecule has 0 aliphatic carbocycles. The highest BCUT2D eigenvalue weighted by Crippen LogP contribution is 2.33. The molecule has 0 radical (unpaired) electrons. The van der Waals surface area contributed by atoms with E-state index in [9.17, 15) is 4.79 Å². The average molecular weight is 425 g/mol. The van der Waals surface area contributed by atoms with Crippen LogP contribution in [-0.2, 0) is 17.8 Å². The molecule has 1 amide bonds. The van der Waals surface area contributed by atoms with E-state index in [2.05, 4.69) is 75.5 Å². The van der Waals surface area contributed by atoms with Crippen LogP contribution >= 0.6 is 23.1 Å². The van der Waals surface area contributed by atoms with Gasteiger partial charge in [-0.15, -0.1) is 21.5 Å². The van der Waals surface area contributed by atoms with Crippen LogP contribution in [0.1, 0.15) is 37.2 Å². The van der Waals surface area contributed by atoms with E-state index in [1.165, 1.54) is 22.0 Å². The minimum Gasteiger partial charge on any atom is -0.351 e. The Morgan fingerprint density at radius 2 is 1.97 bits per heavy atom. The Hall–Kier alpha value is -2.38. The first-order valence-corrected chi connectivity index (χ1v) is 11.6. The summed E-state index contributed by atoms with van der Waals surface area (Å²) in [6.07, 6.45) is 1.53. The molecule has 0 aliphatic rings. The Morgan fingerprint density at radius 3 is 2.69 bits per heavy atom. The number of aryl methyl sites for hydroxylation is 2. The molecule has 29 heavy (non-hydrogen) atoms. The third-order valence-electron chi connectivity index (χ3n) is 4.98. The number of hydrogen-bond acceptors (Lipinski definition) is 5. The smallest absolute Gasteiger partial charge is 0.233 e. The molecule has 3 aromatic heterocycles. The van der Waals surface area contributed by atoms with Gasteiger partial charge in [0.2, 0.25) is 5.91 Å². The van der Waals surface area contributed by atoms with Crippen LogP contribution in [0, 0.1) is 6.92 Å². The number of nitrogens with one attached hydrogen (secondary N) is 1. The molecule has 1 unspecified atom stereocenters. The van der Waals surface area contributed by atoms with Crippen LogP contribution in [0.2, 0.25) is 0 Å². The second-order valence-corrected chi connectivity index (χ2v) is 9.17. The molecule has 0 saturated carbocycles. The normalized spacial score (nSPS) is 12.5. The lowest BCUT2D eigenvalue weighted by Crippen LogP contribution is -2.32. The maximum atomic E-state index is 12.8. The zero-order valence-corrected chi connectivity index (χ0v) is 18.4. The van der Waals surface area contributed by atoms with Crippen molar-refractivity contribution < 1.29 is 4.79 Å². The fourth-order valence-corrected chi connectivity index (χ4v) is 5.13. The molecule has 4 rings (SSSR count). The summed E-state index contributed by atoms with van der Waals surface area (Å²) in [6.45, 7) is 6.71. The summed E-state index contributed by atoms with van der Waals surface area (Å²) in [7, 11) is 0. The number of carbonyl (C=O) groups is 1. The van der Waals surface area contributed by atoms with Crippen molar-refractivity contribution >= 4 is 44.7 Å². The van der Waals surface area contributed by atoms with Gasteiger partial charge in [0.1, 0.15) is 10.9 Å². The van der Waals surface area contributed by atoms with Gasteiger partial charge < -0.3 is 5.32 Å². The molecular formula is C22H24N4OS2. The fraction of sp³-hybridized carbons (Fsp3) is 0.318. The number of aromatic nitrogens is 3. The molecule has 0 spiro atoms. The summed E-state index contributed by atoms with van der Waals surface area (Å²) in [4.78, 5) is 12.8. The van der Waals surface area contributed by atoms with E-state index in [0.717, 1.165) is 40.3 Å². The molecule has 150 valence electrons. The Morgan fingerprint density at radius 1 is 1.17 bits per heavy atom. The van der Waals surface area contributed by atoms with Crippen LogP contribution in [0.25, 0.3) is 15.7 Å². The van der Waals surface area contributed by atoms with Gasteiger partial charge in [-0.2, -0.15) is 0 Å². The highest BCUT2D eigenvalue weighted by Gasteiger charge is 2.22. The third kappa shape index (κ3) is 4.02. The number of amides is 1. The Labute approximate surface area is 178 Å². The van der Waals surface area contributed by atoms with Crippen LogP contribution in [0.4, 0.5) is 0 Å². The van der Waals surface area contributed by atoms with Crippen LogP contribution in [-0.4, -0.2) is 25.8 Å². The molecule has 3 heterocycles. The second-order valence-electron chi connectivity index (χ2n) is 7.03. The van der Waals surface area contributed by atoms with Crippen LogP contribution in [0.5, 0.6) is 0 Å². The van der Waals surface area contributed by atoms with E-state index in [4.69, 9.17) is 0 Å². The number of nitrogens with zero attached hydrogens (tertiary/aromatic N) is 3. The summed E-state index contributed by atoms with van der Waals surface area (Å²) in [5.41, 5.74) is 4.52. The summed E-state index contributed by atoms with van der Waals surface area (Å²) < 4.78 is 3.39. The molecular weight excluding hydrogens is 400 g/mol. The van der Waals surface area contributed by atoms with Crippen molar-refractivity contribution in [1.82, 2.24) is 19.9 Å². The number of hydrogen-bond donors (Lipinski definition) is 1. The lowest BCUT2D eigenvalue weighted by Gasteiger charge is -2.15. The van der Waals surface area contributed by atoms with Crippen molar-refractivity contribution in [3.63, 3.8) is 0 Å². The van der Waals surface area contributed by atoms with Gasteiger partial charge in [0.05, 0.1) is 21.0 Å². The number of thiophene rings is 1. The molecule has 4 aromatic rings. The van der Waals surface area contributed by atoms with Gasteiger partial charge in [-0.1, -0.05) is 55.4 Å². The van der Waals surface area contributed by atoms with Crippen molar-refractivity contribution in [3.05, 3.63) is 58.7 Å². The van der Waals surface area contributed by atoms with Gasteiger partial charge in [0, 0.05) is 13.0 Å².